The number of nitrogens with zero attached hydrogens (tertiary/aromatic N) is 1. The number of fused-ring (bicyclic) bond motifs is 1. The Morgan fingerprint density at radius 3 is 2.75 bits per heavy atom. The van der Waals surface area contributed by atoms with Gasteiger partial charge in [-0.05, 0) is 17.5 Å². The van der Waals surface area contributed by atoms with Crippen molar-refractivity contribution in [1.82, 2.24) is 4.57 Å². The zero-order valence-electron chi connectivity index (χ0n) is 8.62. The lowest BCUT2D eigenvalue weighted by Gasteiger charge is -2.10. The Morgan fingerprint density at radius 2 is 2.06 bits per heavy atom. The van der Waals surface area contributed by atoms with Gasteiger partial charge in [0.05, 0.1) is 12.1 Å². The van der Waals surface area contributed by atoms with Crippen molar-refractivity contribution >= 4 is 26.8 Å². The van der Waals surface area contributed by atoms with E-state index in [0.717, 1.165) is 10.9 Å². The first-order chi connectivity index (χ1) is 7.77. The molecule has 0 atom stereocenters. The summed E-state index contributed by atoms with van der Waals surface area (Å²) in [7, 11) is 0. The summed E-state index contributed by atoms with van der Waals surface area (Å²) in [5.41, 5.74) is 1.33. The molecule has 0 saturated heterocycles. The van der Waals surface area contributed by atoms with Crippen LogP contribution in [0.15, 0.2) is 35.1 Å². The number of benzene rings is 1. The van der Waals surface area contributed by atoms with Crippen LogP contribution in [-0.4, -0.2) is 11.2 Å². The maximum absolute atomic E-state index is 12.5. The number of alkyl halides is 2. The normalized spacial score (nSPS) is 10.9. The molecule has 2 aromatic rings. The van der Waals surface area contributed by atoms with E-state index in [1.165, 1.54) is 4.57 Å². The summed E-state index contributed by atoms with van der Waals surface area (Å²) in [5.74, 6) is 0. The molecule has 0 aliphatic rings. The predicted molar refractivity (Wildman–Crippen MR) is 66.8 cm³/mol. The van der Waals surface area contributed by atoms with Crippen molar-refractivity contribution in [2.24, 2.45) is 0 Å². The smallest absolute Gasteiger partial charge is 0.255 e. The number of rotatable bonds is 3. The van der Waals surface area contributed by atoms with Gasteiger partial charge in [-0.2, -0.15) is 0 Å². The second kappa shape index (κ2) is 4.78. The van der Waals surface area contributed by atoms with Crippen molar-refractivity contribution in [2.75, 3.05) is 6.67 Å². The number of aromatic nitrogens is 1. The van der Waals surface area contributed by atoms with Crippen LogP contribution in [0.4, 0.5) is 4.39 Å². The lowest BCUT2D eigenvalue weighted by Crippen LogP contribution is -2.24. The molecule has 1 aromatic carbocycles. The highest BCUT2D eigenvalue weighted by Crippen LogP contribution is 2.14. The topological polar surface area (TPSA) is 22.0 Å². The van der Waals surface area contributed by atoms with Crippen molar-refractivity contribution in [3.8, 4) is 0 Å². The summed E-state index contributed by atoms with van der Waals surface area (Å²) in [6.45, 7) is -0.421. The van der Waals surface area contributed by atoms with Gasteiger partial charge in [-0.1, -0.05) is 34.1 Å². The number of para-hydroxylation sites is 1. The average Bonchev–Trinajstić information content (AvgIpc) is 2.32. The number of hydrogen-bond acceptors (Lipinski definition) is 1. The lowest BCUT2D eigenvalue weighted by atomic mass is 10.1. The molecule has 84 valence electrons. The van der Waals surface area contributed by atoms with Crippen LogP contribution in [0.5, 0.6) is 0 Å². The standard InChI is InChI=1S/C12H11BrFNO/c13-8-10-7-9-3-1-2-4-11(9)15(6-5-14)12(10)16/h1-4,7H,5-6,8H2. The third kappa shape index (κ3) is 1.89. The summed E-state index contributed by atoms with van der Waals surface area (Å²) < 4.78 is 13.9. The second-order valence-corrected chi connectivity index (χ2v) is 4.07. The maximum Gasteiger partial charge on any atom is 0.255 e. The Kier molecular flexibility index (Phi) is 3.39. The van der Waals surface area contributed by atoms with Gasteiger partial charge in [0.25, 0.3) is 5.56 Å². The number of pyridine rings is 1. The molecule has 0 spiro atoms. The van der Waals surface area contributed by atoms with Crippen molar-refractivity contribution < 1.29 is 4.39 Å². The first kappa shape index (κ1) is 11.3. The Hall–Kier alpha value is -1.16. The summed E-state index contributed by atoms with van der Waals surface area (Å²) >= 11 is 3.27. The molecule has 0 aliphatic heterocycles. The van der Waals surface area contributed by atoms with Crippen LogP contribution in [0.25, 0.3) is 10.9 Å². The van der Waals surface area contributed by atoms with Crippen molar-refractivity contribution in [3.63, 3.8) is 0 Å². The van der Waals surface area contributed by atoms with Crippen LogP contribution < -0.4 is 5.56 Å². The maximum atomic E-state index is 12.5. The van der Waals surface area contributed by atoms with Gasteiger partial charge in [0.2, 0.25) is 0 Å². The minimum Gasteiger partial charge on any atom is -0.305 e. The molecule has 1 heterocycles. The van der Waals surface area contributed by atoms with Crippen LogP contribution >= 0.6 is 15.9 Å². The minimum absolute atomic E-state index is 0.111. The van der Waals surface area contributed by atoms with E-state index >= 15 is 0 Å². The molecule has 0 bridgehead atoms. The van der Waals surface area contributed by atoms with Gasteiger partial charge in [0.1, 0.15) is 6.67 Å². The first-order valence-corrected chi connectivity index (χ1v) is 6.13. The van der Waals surface area contributed by atoms with Crippen LogP contribution in [0.2, 0.25) is 0 Å². The molecule has 16 heavy (non-hydrogen) atoms. The first-order valence-electron chi connectivity index (χ1n) is 5.01. The molecule has 0 N–H and O–H groups in total. The molecule has 0 fully saturated rings. The highest BCUT2D eigenvalue weighted by Gasteiger charge is 2.07. The van der Waals surface area contributed by atoms with Gasteiger partial charge >= 0.3 is 0 Å². The Balaban J connectivity index is 2.80. The second-order valence-electron chi connectivity index (χ2n) is 3.51. The molecule has 1 aromatic heterocycles. The van der Waals surface area contributed by atoms with Crippen molar-refractivity contribution in [2.45, 2.75) is 11.9 Å². The summed E-state index contributed by atoms with van der Waals surface area (Å²) in [5, 5.41) is 1.45. The van der Waals surface area contributed by atoms with Gasteiger partial charge in [-0.15, -0.1) is 0 Å². The molecule has 4 heteroatoms. The summed E-state index contributed by atoms with van der Waals surface area (Å²) in [4.78, 5) is 12.0. The summed E-state index contributed by atoms with van der Waals surface area (Å²) in [6.07, 6.45) is 0. The van der Waals surface area contributed by atoms with Crippen LogP contribution in [0, 0.1) is 0 Å². The van der Waals surface area contributed by atoms with Crippen LogP contribution in [-0.2, 0) is 11.9 Å². The highest BCUT2D eigenvalue weighted by atomic mass is 79.9. The molecule has 0 aliphatic carbocycles. The monoisotopic (exact) mass is 283 g/mol. The zero-order chi connectivity index (χ0) is 11.5. The zero-order valence-corrected chi connectivity index (χ0v) is 10.2. The van der Waals surface area contributed by atoms with E-state index in [-0.39, 0.29) is 12.1 Å². The fraction of sp³-hybridized carbons (Fsp3) is 0.250. The number of aryl methyl sites for hydroxylation is 1. The fourth-order valence-electron chi connectivity index (χ4n) is 1.79. The molecule has 2 nitrogen and oxygen atoms in total. The van der Waals surface area contributed by atoms with Crippen LogP contribution in [0.3, 0.4) is 0 Å². The predicted octanol–water partition coefficient (Wildman–Crippen LogP) is 2.87. The number of halogens is 2. The third-order valence-electron chi connectivity index (χ3n) is 2.53. The SMILES string of the molecule is O=c1c(CBr)cc2ccccc2n1CCF. The fourth-order valence-corrected chi connectivity index (χ4v) is 2.19. The van der Waals surface area contributed by atoms with Gasteiger partial charge in [-0.3, -0.25) is 4.79 Å². The van der Waals surface area contributed by atoms with Gasteiger partial charge in [0, 0.05) is 10.9 Å². The van der Waals surface area contributed by atoms with Crippen LogP contribution in [0.1, 0.15) is 5.56 Å². The largest absolute Gasteiger partial charge is 0.305 e. The van der Waals surface area contributed by atoms with Gasteiger partial charge in [-0.25, -0.2) is 4.39 Å². The molecule has 0 unspecified atom stereocenters. The molecule has 0 radical (unpaired) electrons. The van der Waals surface area contributed by atoms with E-state index in [9.17, 15) is 9.18 Å². The Bertz CT molecular complexity index is 564. The van der Waals surface area contributed by atoms with Gasteiger partial charge in [0.15, 0.2) is 0 Å². The summed E-state index contributed by atoms with van der Waals surface area (Å²) in [6, 6.07) is 9.37. The third-order valence-corrected chi connectivity index (χ3v) is 3.13. The van der Waals surface area contributed by atoms with E-state index in [0.29, 0.717) is 10.9 Å². The van der Waals surface area contributed by atoms with E-state index in [4.69, 9.17) is 0 Å². The van der Waals surface area contributed by atoms with E-state index < -0.39 is 6.67 Å². The Labute approximate surface area is 101 Å². The molecular weight excluding hydrogens is 273 g/mol. The van der Waals surface area contributed by atoms with E-state index in [1.807, 2.05) is 30.3 Å². The minimum atomic E-state index is -0.532. The average molecular weight is 284 g/mol. The molecule has 2 rings (SSSR count). The Morgan fingerprint density at radius 1 is 1.31 bits per heavy atom. The van der Waals surface area contributed by atoms with E-state index in [2.05, 4.69) is 15.9 Å². The molecule has 0 saturated carbocycles. The van der Waals surface area contributed by atoms with Gasteiger partial charge < -0.3 is 4.57 Å². The molecular formula is C12H11BrFNO. The lowest BCUT2D eigenvalue weighted by molar-refractivity contribution is 0.445. The van der Waals surface area contributed by atoms with Crippen molar-refractivity contribution in [1.29, 1.82) is 0 Å². The number of hydrogen-bond donors (Lipinski definition) is 0. The molecule has 0 amide bonds. The van der Waals surface area contributed by atoms with E-state index in [1.54, 1.807) is 0 Å². The highest BCUT2D eigenvalue weighted by molar-refractivity contribution is 9.08. The van der Waals surface area contributed by atoms with Crippen molar-refractivity contribution in [3.05, 3.63) is 46.2 Å². The quantitative estimate of drug-likeness (QED) is 0.794.